The standard InChI is InChI=1S/C13H19NOS/c14-13(11-4-2-1-3-5-11)10-16-12-6-8-15-9-7-12/h1-5,12-13H,6-10,14H2. The fourth-order valence-electron chi connectivity index (χ4n) is 1.88. The second kappa shape index (κ2) is 6.28. The first-order chi connectivity index (χ1) is 7.86. The molecule has 2 nitrogen and oxygen atoms in total. The number of hydrogen-bond acceptors (Lipinski definition) is 3. The van der Waals surface area contributed by atoms with Crippen LogP contribution in [-0.2, 0) is 4.74 Å². The van der Waals surface area contributed by atoms with Crippen molar-refractivity contribution >= 4 is 11.8 Å². The van der Waals surface area contributed by atoms with E-state index < -0.39 is 0 Å². The van der Waals surface area contributed by atoms with Crippen LogP contribution in [-0.4, -0.2) is 24.2 Å². The molecule has 1 aromatic rings. The average Bonchev–Trinajstić information content (AvgIpc) is 2.38. The van der Waals surface area contributed by atoms with Crippen LogP contribution in [0.15, 0.2) is 30.3 Å². The average molecular weight is 237 g/mol. The molecule has 1 heterocycles. The van der Waals surface area contributed by atoms with Crippen LogP contribution >= 0.6 is 11.8 Å². The Kier molecular flexibility index (Phi) is 4.69. The molecule has 2 N–H and O–H groups in total. The molecule has 1 aliphatic heterocycles. The summed E-state index contributed by atoms with van der Waals surface area (Å²) in [6, 6.07) is 10.5. The molecule has 1 fully saturated rings. The Morgan fingerprint density at radius 3 is 2.62 bits per heavy atom. The Morgan fingerprint density at radius 2 is 1.94 bits per heavy atom. The van der Waals surface area contributed by atoms with Gasteiger partial charge < -0.3 is 10.5 Å². The minimum Gasteiger partial charge on any atom is -0.381 e. The zero-order chi connectivity index (χ0) is 11.2. The molecule has 1 unspecified atom stereocenters. The Balaban J connectivity index is 1.77. The largest absolute Gasteiger partial charge is 0.381 e. The Morgan fingerprint density at radius 1 is 1.25 bits per heavy atom. The van der Waals surface area contributed by atoms with Gasteiger partial charge in [-0.3, -0.25) is 0 Å². The Labute approximate surface area is 102 Å². The minimum atomic E-state index is 0.161. The highest BCUT2D eigenvalue weighted by Crippen LogP contribution is 2.25. The second-order valence-electron chi connectivity index (χ2n) is 4.16. The normalized spacial score (nSPS) is 19.6. The van der Waals surface area contributed by atoms with Crippen molar-refractivity contribution in [1.82, 2.24) is 0 Å². The molecule has 0 spiro atoms. The summed E-state index contributed by atoms with van der Waals surface area (Å²) in [5, 5.41) is 0.739. The molecule has 88 valence electrons. The highest BCUT2D eigenvalue weighted by atomic mass is 32.2. The molecule has 1 aliphatic rings. The molecule has 0 bridgehead atoms. The molecule has 0 aromatic heterocycles. The topological polar surface area (TPSA) is 35.2 Å². The third-order valence-electron chi connectivity index (χ3n) is 2.91. The number of benzene rings is 1. The lowest BCUT2D eigenvalue weighted by atomic mass is 10.1. The van der Waals surface area contributed by atoms with E-state index in [0.717, 1.165) is 24.2 Å². The van der Waals surface area contributed by atoms with Gasteiger partial charge in [0.15, 0.2) is 0 Å². The third kappa shape index (κ3) is 3.51. The fourth-order valence-corrected chi connectivity index (χ4v) is 3.08. The fraction of sp³-hybridized carbons (Fsp3) is 0.538. The van der Waals surface area contributed by atoms with Gasteiger partial charge in [0.05, 0.1) is 0 Å². The summed E-state index contributed by atoms with van der Waals surface area (Å²) in [7, 11) is 0. The van der Waals surface area contributed by atoms with E-state index in [1.807, 2.05) is 30.0 Å². The molecule has 1 atom stereocenters. The molecule has 1 saturated heterocycles. The van der Waals surface area contributed by atoms with Gasteiger partial charge in [-0.25, -0.2) is 0 Å². The van der Waals surface area contributed by atoms with E-state index in [0.29, 0.717) is 0 Å². The first kappa shape index (κ1) is 12.0. The van der Waals surface area contributed by atoms with Gasteiger partial charge in [0.2, 0.25) is 0 Å². The van der Waals surface area contributed by atoms with Gasteiger partial charge in [-0.05, 0) is 18.4 Å². The minimum absolute atomic E-state index is 0.161. The van der Waals surface area contributed by atoms with Crippen molar-refractivity contribution in [2.24, 2.45) is 5.73 Å². The maximum Gasteiger partial charge on any atom is 0.0476 e. The van der Waals surface area contributed by atoms with Crippen LogP contribution in [0.3, 0.4) is 0 Å². The van der Waals surface area contributed by atoms with Gasteiger partial charge in [-0.1, -0.05) is 30.3 Å². The third-order valence-corrected chi connectivity index (χ3v) is 4.40. The van der Waals surface area contributed by atoms with Gasteiger partial charge in [-0.2, -0.15) is 11.8 Å². The zero-order valence-corrected chi connectivity index (χ0v) is 10.3. The maximum atomic E-state index is 6.16. The van der Waals surface area contributed by atoms with Gasteiger partial charge >= 0.3 is 0 Å². The molecule has 0 saturated carbocycles. The zero-order valence-electron chi connectivity index (χ0n) is 9.47. The summed E-state index contributed by atoms with van der Waals surface area (Å²) in [5.41, 5.74) is 7.40. The van der Waals surface area contributed by atoms with Gasteiger partial charge in [0.25, 0.3) is 0 Å². The monoisotopic (exact) mass is 237 g/mol. The lowest BCUT2D eigenvalue weighted by molar-refractivity contribution is 0.1000. The van der Waals surface area contributed by atoms with Crippen LogP contribution in [0.5, 0.6) is 0 Å². The molecule has 2 rings (SSSR count). The van der Waals surface area contributed by atoms with Crippen molar-refractivity contribution in [3.8, 4) is 0 Å². The predicted octanol–water partition coefficient (Wildman–Crippen LogP) is 2.60. The second-order valence-corrected chi connectivity index (χ2v) is 5.50. The van der Waals surface area contributed by atoms with E-state index in [4.69, 9.17) is 10.5 Å². The number of thioether (sulfide) groups is 1. The maximum absolute atomic E-state index is 6.16. The highest BCUT2D eigenvalue weighted by Gasteiger charge is 2.15. The van der Waals surface area contributed by atoms with E-state index in [9.17, 15) is 0 Å². The SMILES string of the molecule is NC(CSC1CCOCC1)c1ccccc1. The van der Waals surface area contributed by atoms with Crippen LogP contribution in [0, 0.1) is 0 Å². The number of ether oxygens (including phenoxy) is 1. The Bertz CT molecular complexity index is 298. The molecule has 0 amide bonds. The smallest absolute Gasteiger partial charge is 0.0476 e. The van der Waals surface area contributed by atoms with Gasteiger partial charge in [0.1, 0.15) is 0 Å². The van der Waals surface area contributed by atoms with Crippen LogP contribution in [0.25, 0.3) is 0 Å². The van der Waals surface area contributed by atoms with E-state index in [-0.39, 0.29) is 6.04 Å². The molecule has 0 radical (unpaired) electrons. The Hall–Kier alpha value is -0.510. The van der Waals surface area contributed by atoms with Crippen molar-refractivity contribution in [2.45, 2.75) is 24.1 Å². The number of nitrogens with two attached hydrogens (primary N) is 1. The highest BCUT2D eigenvalue weighted by molar-refractivity contribution is 7.99. The molecule has 16 heavy (non-hydrogen) atoms. The van der Waals surface area contributed by atoms with Crippen molar-refractivity contribution in [3.63, 3.8) is 0 Å². The van der Waals surface area contributed by atoms with Crippen LogP contribution in [0.4, 0.5) is 0 Å². The molecule has 1 aromatic carbocycles. The summed E-state index contributed by atoms with van der Waals surface area (Å²) in [5.74, 6) is 1.01. The summed E-state index contributed by atoms with van der Waals surface area (Å²) in [6.07, 6.45) is 2.35. The first-order valence-electron chi connectivity index (χ1n) is 5.86. The van der Waals surface area contributed by atoms with Gasteiger partial charge in [-0.15, -0.1) is 0 Å². The van der Waals surface area contributed by atoms with Crippen LogP contribution in [0.2, 0.25) is 0 Å². The lowest BCUT2D eigenvalue weighted by Gasteiger charge is -2.23. The summed E-state index contributed by atoms with van der Waals surface area (Å²) >= 11 is 2.00. The summed E-state index contributed by atoms with van der Waals surface area (Å²) in [4.78, 5) is 0. The van der Waals surface area contributed by atoms with Crippen LogP contribution in [0.1, 0.15) is 24.4 Å². The number of hydrogen-bond donors (Lipinski definition) is 1. The summed E-state index contributed by atoms with van der Waals surface area (Å²) < 4.78 is 5.35. The molecule has 3 heteroatoms. The van der Waals surface area contributed by atoms with E-state index in [1.165, 1.54) is 18.4 Å². The molecular weight excluding hydrogens is 218 g/mol. The van der Waals surface area contributed by atoms with E-state index >= 15 is 0 Å². The van der Waals surface area contributed by atoms with Crippen molar-refractivity contribution < 1.29 is 4.74 Å². The predicted molar refractivity (Wildman–Crippen MR) is 69.7 cm³/mol. The van der Waals surface area contributed by atoms with Crippen molar-refractivity contribution in [1.29, 1.82) is 0 Å². The van der Waals surface area contributed by atoms with Gasteiger partial charge in [0, 0.05) is 30.3 Å². The first-order valence-corrected chi connectivity index (χ1v) is 6.91. The lowest BCUT2D eigenvalue weighted by Crippen LogP contribution is -2.20. The van der Waals surface area contributed by atoms with E-state index in [1.54, 1.807) is 0 Å². The molecular formula is C13H19NOS. The van der Waals surface area contributed by atoms with Crippen molar-refractivity contribution in [3.05, 3.63) is 35.9 Å². The van der Waals surface area contributed by atoms with E-state index in [2.05, 4.69) is 12.1 Å². The van der Waals surface area contributed by atoms with Crippen LogP contribution < -0.4 is 5.73 Å². The van der Waals surface area contributed by atoms with Crippen molar-refractivity contribution in [2.75, 3.05) is 19.0 Å². The number of rotatable bonds is 4. The quantitative estimate of drug-likeness (QED) is 0.874. The molecule has 0 aliphatic carbocycles. The summed E-state index contributed by atoms with van der Waals surface area (Å²) in [6.45, 7) is 1.83.